The predicted octanol–water partition coefficient (Wildman–Crippen LogP) is 3.77. The molecule has 0 fully saturated rings. The summed E-state index contributed by atoms with van der Waals surface area (Å²) in [6.07, 6.45) is 1.81. The number of rotatable bonds is 7. The van der Waals surface area contributed by atoms with Crippen molar-refractivity contribution in [2.24, 2.45) is 0 Å². The summed E-state index contributed by atoms with van der Waals surface area (Å²) < 4.78 is 5.36. The summed E-state index contributed by atoms with van der Waals surface area (Å²) in [4.78, 5) is 12.2. The van der Waals surface area contributed by atoms with Crippen molar-refractivity contribution < 1.29 is 9.53 Å². The van der Waals surface area contributed by atoms with E-state index in [0.29, 0.717) is 12.2 Å². The van der Waals surface area contributed by atoms with Gasteiger partial charge in [-0.25, -0.2) is 0 Å². The highest BCUT2D eigenvalue weighted by molar-refractivity contribution is 9.09. The van der Waals surface area contributed by atoms with Crippen molar-refractivity contribution in [2.75, 3.05) is 11.9 Å². The highest BCUT2D eigenvalue weighted by atomic mass is 79.9. The van der Waals surface area contributed by atoms with Crippen LogP contribution in [0.4, 0.5) is 0 Å². The fourth-order valence-electron chi connectivity index (χ4n) is 1.75. The van der Waals surface area contributed by atoms with E-state index >= 15 is 0 Å². The third-order valence-corrected chi connectivity index (χ3v) is 3.67. The highest BCUT2D eigenvalue weighted by Crippen LogP contribution is 2.18. The molecule has 0 spiro atoms. The number of benzene rings is 1. The topological polar surface area (TPSA) is 38.3 Å². The summed E-state index contributed by atoms with van der Waals surface area (Å²) in [7, 11) is 0. The molecule has 0 aliphatic rings. The molecule has 0 saturated heterocycles. The molecule has 0 heterocycles. The van der Waals surface area contributed by atoms with Crippen molar-refractivity contribution >= 4 is 21.8 Å². The van der Waals surface area contributed by atoms with Gasteiger partial charge >= 0.3 is 0 Å². The van der Waals surface area contributed by atoms with Crippen LogP contribution in [0.25, 0.3) is 0 Å². The average Bonchev–Trinajstić information content (AvgIpc) is 2.40. The number of amides is 1. The van der Waals surface area contributed by atoms with E-state index in [1.54, 1.807) is 12.1 Å². The summed E-state index contributed by atoms with van der Waals surface area (Å²) in [6.45, 7) is 6.72. The molecule has 3 nitrogen and oxygen atoms in total. The monoisotopic (exact) mass is 327 g/mol. The molecular weight excluding hydrogens is 306 g/mol. The molecule has 0 radical (unpaired) electrons. The van der Waals surface area contributed by atoms with Crippen molar-refractivity contribution in [3.05, 3.63) is 29.8 Å². The molecule has 1 amide bonds. The van der Waals surface area contributed by atoms with Gasteiger partial charge in [-0.3, -0.25) is 4.79 Å². The Morgan fingerprint density at radius 3 is 2.42 bits per heavy atom. The minimum absolute atomic E-state index is 0.0339. The van der Waals surface area contributed by atoms with Crippen LogP contribution in [0.15, 0.2) is 24.3 Å². The quantitative estimate of drug-likeness (QED) is 0.774. The Labute approximate surface area is 123 Å². The zero-order chi connectivity index (χ0) is 14.3. The molecule has 1 atom stereocenters. The molecule has 0 aromatic heterocycles. The van der Waals surface area contributed by atoms with Crippen molar-refractivity contribution in [3.8, 4) is 5.75 Å². The number of carbonyl (C=O) groups excluding carboxylic acids is 1. The van der Waals surface area contributed by atoms with Crippen LogP contribution in [-0.2, 0) is 0 Å². The van der Waals surface area contributed by atoms with Gasteiger partial charge < -0.3 is 10.1 Å². The summed E-state index contributed by atoms with van der Waals surface area (Å²) in [6, 6.07) is 7.24. The fraction of sp³-hybridized carbons (Fsp3) is 0.533. The predicted molar refractivity (Wildman–Crippen MR) is 82.2 cm³/mol. The number of nitrogens with one attached hydrogen (secondary N) is 1. The van der Waals surface area contributed by atoms with Crippen LogP contribution in [0.3, 0.4) is 0 Å². The Hall–Kier alpha value is -1.03. The maximum atomic E-state index is 12.2. The van der Waals surface area contributed by atoms with Crippen molar-refractivity contribution in [1.82, 2.24) is 5.32 Å². The molecule has 1 aromatic carbocycles. The molecule has 1 rings (SSSR count). The second kappa shape index (κ2) is 7.53. The highest BCUT2D eigenvalue weighted by Gasteiger charge is 2.23. The zero-order valence-electron chi connectivity index (χ0n) is 11.8. The lowest BCUT2D eigenvalue weighted by atomic mass is 9.95. The van der Waals surface area contributed by atoms with E-state index < -0.39 is 0 Å². The Kier molecular flexibility index (Phi) is 6.35. The van der Waals surface area contributed by atoms with Crippen LogP contribution in [0, 0.1) is 0 Å². The van der Waals surface area contributed by atoms with Gasteiger partial charge in [0.1, 0.15) is 5.75 Å². The van der Waals surface area contributed by atoms with Gasteiger partial charge in [-0.05, 0) is 51.0 Å². The second-order valence-electron chi connectivity index (χ2n) is 4.76. The van der Waals surface area contributed by atoms with E-state index in [0.717, 1.165) is 23.9 Å². The normalized spacial score (nSPS) is 13.7. The number of hydrogen-bond donors (Lipinski definition) is 1. The molecular formula is C15H22BrNO2. The maximum Gasteiger partial charge on any atom is 0.251 e. The summed E-state index contributed by atoms with van der Waals surface area (Å²) in [5.74, 6) is 0.756. The largest absolute Gasteiger partial charge is 0.494 e. The van der Waals surface area contributed by atoms with E-state index in [1.165, 1.54) is 0 Å². The minimum Gasteiger partial charge on any atom is -0.494 e. The minimum atomic E-state index is -0.167. The molecule has 1 N–H and O–H groups in total. The van der Waals surface area contributed by atoms with E-state index in [9.17, 15) is 4.79 Å². The molecule has 0 aliphatic heterocycles. The van der Waals surface area contributed by atoms with Crippen LogP contribution >= 0.6 is 15.9 Å². The number of halogens is 1. The Balaban J connectivity index is 2.71. The first-order valence-electron chi connectivity index (χ1n) is 6.66. The first-order valence-corrected chi connectivity index (χ1v) is 7.78. The van der Waals surface area contributed by atoms with Gasteiger partial charge in [-0.1, -0.05) is 22.9 Å². The zero-order valence-corrected chi connectivity index (χ0v) is 13.4. The average molecular weight is 328 g/mol. The first kappa shape index (κ1) is 16.0. The van der Waals surface area contributed by atoms with Crippen LogP contribution in [0.5, 0.6) is 5.75 Å². The van der Waals surface area contributed by atoms with E-state index in [-0.39, 0.29) is 11.4 Å². The smallest absolute Gasteiger partial charge is 0.251 e. The van der Waals surface area contributed by atoms with Crippen LogP contribution in [-0.4, -0.2) is 23.4 Å². The summed E-state index contributed by atoms with van der Waals surface area (Å²) in [5, 5.41) is 3.98. The lowest BCUT2D eigenvalue weighted by Crippen LogP contribution is -2.45. The molecule has 1 aromatic rings. The molecule has 1 unspecified atom stereocenters. The van der Waals surface area contributed by atoms with E-state index in [4.69, 9.17) is 4.74 Å². The molecule has 0 aliphatic carbocycles. The Bertz CT molecular complexity index is 405. The van der Waals surface area contributed by atoms with Gasteiger partial charge in [0.2, 0.25) is 0 Å². The molecule has 19 heavy (non-hydrogen) atoms. The van der Waals surface area contributed by atoms with E-state index in [2.05, 4.69) is 35.1 Å². The Morgan fingerprint density at radius 1 is 1.32 bits per heavy atom. The maximum absolute atomic E-state index is 12.2. The van der Waals surface area contributed by atoms with Gasteiger partial charge in [0.05, 0.1) is 6.61 Å². The molecule has 106 valence electrons. The molecule has 0 bridgehead atoms. The molecule has 4 heteroatoms. The van der Waals surface area contributed by atoms with Crippen LogP contribution in [0.2, 0.25) is 0 Å². The van der Waals surface area contributed by atoms with Gasteiger partial charge in [0.15, 0.2) is 0 Å². The van der Waals surface area contributed by atoms with Gasteiger partial charge in [0, 0.05) is 16.4 Å². The number of carbonyl (C=O) groups is 1. The second-order valence-corrected chi connectivity index (χ2v) is 5.56. The third-order valence-electron chi connectivity index (χ3n) is 3.27. The standard InChI is InChI=1S/C15H22BrNO2/c1-4-15(3,10-11-16)17-14(18)12-6-8-13(9-7-12)19-5-2/h6-9H,4-5,10-11H2,1-3H3,(H,17,18). The first-order chi connectivity index (χ1) is 9.04. The summed E-state index contributed by atoms with van der Waals surface area (Å²) in [5.41, 5.74) is 0.497. The Morgan fingerprint density at radius 2 is 1.95 bits per heavy atom. The van der Waals surface area contributed by atoms with Crippen molar-refractivity contribution in [1.29, 1.82) is 0 Å². The lowest BCUT2D eigenvalue weighted by Gasteiger charge is -2.29. The lowest BCUT2D eigenvalue weighted by molar-refractivity contribution is 0.0902. The van der Waals surface area contributed by atoms with E-state index in [1.807, 2.05) is 19.1 Å². The van der Waals surface area contributed by atoms with Crippen LogP contribution < -0.4 is 10.1 Å². The van der Waals surface area contributed by atoms with Gasteiger partial charge in [0.25, 0.3) is 5.91 Å². The number of alkyl halides is 1. The molecule has 0 saturated carbocycles. The van der Waals surface area contributed by atoms with Crippen LogP contribution in [0.1, 0.15) is 44.0 Å². The SMILES string of the molecule is CCOc1ccc(C(=O)NC(C)(CC)CCBr)cc1. The fourth-order valence-corrected chi connectivity index (χ4v) is 2.63. The van der Waals surface area contributed by atoms with Gasteiger partial charge in [-0.2, -0.15) is 0 Å². The van der Waals surface area contributed by atoms with Crippen molar-refractivity contribution in [2.45, 2.75) is 39.2 Å². The van der Waals surface area contributed by atoms with Gasteiger partial charge in [-0.15, -0.1) is 0 Å². The number of hydrogen-bond acceptors (Lipinski definition) is 2. The summed E-state index contributed by atoms with van der Waals surface area (Å²) >= 11 is 3.43. The third kappa shape index (κ3) is 4.86. The van der Waals surface area contributed by atoms with Crippen molar-refractivity contribution in [3.63, 3.8) is 0 Å². The number of ether oxygens (including phenoxy) is 1.